The zero-order valence-corrected chi connectivity index (χ0v) is 14.7. The summed E-state index contributed by atoms with van der Waals surface area (Å²) in [6.07, 6.45) is 0. The molecule has 118 valence electrons. The average Bonchev–Trinajstić information content (AvgIpc) is 2.76. The number of amides is 2. The SMILES string of the molecule is CC(=O)Nc1ccc2nc(NC(=O)CSC(C)(C)C)sc2c1. The predicted octanol–water partition coefficient (Wildman–Crippen LogP) is 3.72. The lowest BCUT2D eigenvalue weighted by atomic mass is 10.3. The first-order valence-electron chi connectivity index (χ1n) is 6.85. The molecule has 0 atom stereocenters. The molecular weight excluding hydrogens is 318 g/mol. The highest BCUT2D eigenvalue weighted by Gasteiger charge is 2.14. The van der Waals surface area contributed by atoms with Gasteiger partial charge in [-0.1, -0.05) is 32.1 Å². The van der Waals surface area contributed by atoms with Gasteiger partial charge < -0.3 is 10.6 Å². The smallest absolute Gasteiger partial charge is 0.236 e. The molecule has 0 saturated heterocycles. The number of hydrogen-bond donors (Lipinski definition) is 2. The van der Waals surface area contributed by atoms with Crippen LogP contribution in [0.15, 0.2) is 18.2 Å². The monoisotopic (exact) mass is 337 g/mol. The van der Waals surface area contributed by atoms with Crippen molar-refractivity contribution in [2.75, 3.05) is 16.4 Å². The Kier molecular flexibility index (Phi) is 5.08. The van der Waals surface area contributed by atoms with Crippen LogP contribution < -0.4 is 10.6 Å². The minimum atomic E-state index is -0.114. The second kappa shape index (κ2) is 6.66. The number of carbonyl (C=O) groups excluding carboxylic acids is 2. The van der Waals surface area contributed by atoms with Crippen LogP contribution in [0, 0.1) is 0 Å². The van der Waals surface area contributed by atoms with E-state index in [1.54, 1.807) is 17.8 Å². The molecule has 0 spiro atoms. The van der Waals surface area contributed by atoms with Gasteiger partial charge in [-0.2, -0.15) is 0 Å². The summed E-state index contributed by atoms with van der Waals surface area (Å²) in [4.78, 5) is 27.4. The van der Waals surface area contributed by atoms with E-state index in [1.165, 1.54) is 18.3 Å². The quantitative estimate of drug-likeness (QED) is 0.892. The van der Waals surface area contributed by atoms with E-state index in [2.05, 4.69) is 36.4 Å². The highest BCUT2D eigenvalue weighted by molar-refractivity contribution is 8.01. The van der Waals surface area contributed by atoms with Gasteiger partial charge in [-0.15, -0.1) is 11.8 Å². The van der Waals surface area contributed by atoms with E-state index in [0.717, 1.165) is 15.9 Å². The lowest BCUT2D eigenvalue weighted by molar-refractivity contribution is -0.114. The normalized spacial score (nSPS) is 11.5. The Labute approximate surface area is 137 Å². The Morgan fingerprint density at radius 3 is 2.64 bits per heavy atom. The minimum absolute atomic E-state index is 0.0538. The van der Waals surface area contributed by atoms with Gasteiger partial charge in [-0.3, -0.25) is 9.59 Å². The molecule has 2 amide bonds. The highest BCUT2D eigenvalue weighted by atomic mass is 32.2. The molecule has 0 bridgehead atoms. The van der Waals surface area contributed by atoms with Gasteiger partial charge in [0.25, 0.3) is 0 Å². The molecule has 22 heavy (non-hydrogen) atoms. The van der Waals surface area contributed by atoms with Crippen LogP contribution in [-0.2, 0) is 9.59 Å². The van der Waals surface area contributed by atoms with Crippen molar-refractivity contribution in [1.82, 2.24) is 4.98 Å². The van der Waals surface area contributed by atoms with Crippen molar-refractivity contribution in [3.05, 3.63) is 18.2 Å². The Morgan fingerprint density at radius 1 is 1.27 bits per heavy atom. The van der Waals surface area contributed by atoms with Crippen LogP contribution >= 0.6 is 23.1 Å². The molecule has 1 aromatic carbocycles. The fourth-order valence-corrected chi connectivity index (χ4v) is 3.25. The van der Waals surface area contributed by atoms with E-state index in [4.69, 9.17) is 0 Å². The average molecular weight is 337 g/mol. The number of thiazole rings is 1. The van der Waals surface area contributed by atoms with Crippen molar-refractivity contribution < 1.29 is 9.59 Å². The van der Waals surface area contributed by atoms with Gasteiger partial charge in [0.05, 0.1) is 16.0 Å². The number of nitrogens with one attached hydrogen (secondary N) is 2. The molecule has 0 radical (unpaired) electrons. The summed E-state index contributed by atoms with van der Waals surface area (Å²) in [6.45, 7) is 7.69. The summed E-state index contributed by atoms with van der Waals surface area (Å²) >= 11 is 2.99. The van der Waals surface area contributed by atoms with Crippen LogP contribution in [0.1, 0.15) is 27.7 Å². The third-order valence-corrected chi connectivity index (χ3v) is 4.80. The minimum Gasteiger partial charge on any atom is -0.326 e. The first-order valence-corrected chi connectivity index (χ1v) is 8.65. The van der Waals surface area contributed by atoms with Gasteiger partial charge in [0.15, 0.2) is 5.13 Å². The molecule has 2 rings (SSSR count). The summed E-state index contributed by atoms with van der Waals surface area (Å²) in [5, 5.41) is 6.14. The first-order chi connectivity index (χ1) is 10.2. The summed E-state index contributed by atoms with van der Waals surface area (Å²) < 4.78 is 0.975. The van der Waals surface area contributed by atoms with Crippen molar-refractivity contribution in [3.8, 4) is 0 Å². The van der Waals surface area contributed by atoms with Gasteiger partial charge in [0.1, 0.15) is 0 Å². The van der Waals surface area contributed by atoms with Crippen molar-refractivity contribution in [3.63, 3.8) is 0 Å². The number of rotatable bonds is 4. The van der Waals surface area contributed by atoms with E-state index >= 15 is 0 Å². The summed E-state index contributed by atoms with van der Waals surface area (Å²) in [6, 6.07) is 5.48. The van der Waals surface area contributed by atoms with Crippen LogP contribution in [-0.4, -0.2) is 27.3 Å². The maximum atomic E-state index is 11.9. The third kappa shape index (κ3) is 4.99. The highest BCUT2D eigenvalue weighted by Crippen LogP contribution is 2.29. The summed E-state index contributed by atoms with van der Waals surface area (Å²) in [7, 11) is 0. The zero-order valence-electron chi connectivity index (χ0n) is 13.0. The molecule has 1 aromatic heterocycles. The topological polar surface area (TPSA) is 71.1 Å². The van der Waals surface area contributed by atoms with Crippen LogP contribution in [0.2, 0.25) is 0 Å². The molecule has 0 aliphatic heterocycles. The molecule has 0 aliphatic rings. The molecule has 0 fully saturated rings. The van der Waals surface area contributed by atoms with Crippen molar-refractivity contribution in [2.24, 2.45) is 0 Å². The first kappa shape index (κ1) is 16.8. The number of carbonyl (C=O) groups is 2. The molecule has 0 saturated carbocycles. The molecule has 7 heteroatoms. The number of aromatic nitrogens is 1. The molecule has 5 nitrogen and oxygen atoms in total. The second-order valence-corrected chi connectivity index (χ2v) is 8.66. The van der Waals surface area contributed by atoms with Gasteiger partial charge >= 0.3 is 0 Å². The molecule has 0 unspecified atom stereocenters. The maximum Gasteiger partial charge on any atom is 0.236 e. The lowest BCUT2D eigenvalue weighted by Gasteiger charge is -2.16. The Hall–Kier alpha value is -1.60. The largest absolute Gasteiger partial charge is 0.326 e. The van der Waals surface area contributed by atoms with Gasteiger partial charge in [0.2, 0.25) is 11.8 Å². The molecular formula is C15H19N3O2S2. The van der Waals surface area contributed by atoms with Crippen molar-refractivity contribution in [1.29, 1.82) is 0 Å². The van der Waals surface area contributed by atoms with Crippen LogP contribution in [0.3, 0.4) is 0 Å². The van der Waals surface area contributed by atoms with E-state index in [9.17, 15) is 9.59 Å². The fourth-order valence-electron chi connectivity index (χ4n) is 1.70. The van der Waals surface area contributed by atoms with E-state index < -0.39 is 0 Å². The fraction of sp³-hybridized carbons (Fsp3) is 0.400. The van der Waals surface area contributed by atoms with E-state index in [1.807, 2.05) is 12.1 Å². The molecule has 1 heterocycles. The Bertz CT molecular complexity index is 704. The molecule has 2 N–H and O–H groups in total. The Morgan fingerprint density at radius 2 is 2.00 bits per heavy atom. The summed E-state index contributed by atoms with van der Waals surface area (Å²) in [5.74, 6) is 0.231. The maximum absolute atomic E-state index is 11.9. The number of fused-ring (bicyclic) bond motifs is 1. The predicted molar refractivity (Wildman–Crippen MR) is 94.8 cm³/mol. The van der Waals surface area contributed by atoms with Gasteiger partial charge in [-0.25, -0.2) is 4.98 Å². The number of hydrogen-bond acceptors (Lipinski definition) is 5. The van der Waals surface area contributed by atoms with Crippen LogP contribution in [0.4, 0.5) is 10.8 Å². The lowest BCUT2D eigenvalue weighted by Crippen LogP contribution is -2.18. The van der Waals surface area contributed by atoms with E-state index in [0.29, 0.717) is 10.9 Å². The zero-order chi connectivity index (χ0) is 16.3. The summed E-state index contributed by atoms with van der Waals surface area (Å²) in [5.41, 5.74) is 1.53. The number of thioether (sulfide) groups is 1. The van der Waals surface area contributed by atoms with Crippen LogP contribution in [0.5, 0.6) is 0 Å². The second-order valence-electron chi connectivity index (χ2n) is 5.83. The number of nitrogens with zero attached hydrogens (tertiary/aromatic N) is 1. The molecule has 0 aliphatic carbocycles. The van der Waals surface area contributed by atoms with Gasteiger partial charge in [-0.05, 0) is 18.2 Å². The standard InChI is InChI=1S/C15H19N3O2S2/c1-9(19)16-10-5-6-11-12(7-10)22-14(17-11)18-13(20)8-21-15(2,3)4/h5-7H,8H2,1-4H3,(H,16,19)(H,17,18,20). The van der Waals surface area contributed by atoms with Crippen LogP contribution in [0.25, 0.3) is 10.2 Å². The van der Waals surface area contributed by atoms with Crippen molar-refractivity contribution >= 4 is 55.9 Å². The van der Waals surface area contributed by atoms with Crippen molar-refractivity contribution in [2.45, 2.75) is 32.4 Å². The number of benzene rings is 1. The number of anilines is 2. The Balaban J connectivity index is 2.06. The van der Waals surface area contributed by atoms with Gasteiger partial charge in [0, 0.05) is 17.4 Å². The third-order valence-electron chi connectivity index (χ3n) is 2.59. The molecule has 2 aromatic rings. The van der Waals surface area contributed by atoms with E-state index in [-0.39, 0.29) is 16.6 Å².